The van der Waals surface area contributed by atoms with E-state index >= 15 is 0 Å². The number of carbonyl (C=O) groups is 2. The summed E-state index contributed by atoms with van der Waals surface area (Å²) in [5.41, 5.74) is 1.39. The lowest BCUT2D eigenvalue weighted by atomic mass is 10.2. The zero-order valence-electron chi connectivity index (χ0n) is 16.9. The molecule has 0 unspecified atom stereocenters. The zero-order chi connectivity index (χ0) is 23.0. The maximum Gasteiger partial charge on any atom is 0.274 e. The third-order valence-electron chi connectivity index (χ3n) is 4.60. The molecule has 2 aromatic carbocycles. The molecule has 0 aliphatic carbocycles. The van der Waals surface area contributed by atoms with Crippen molar-refractivity contribution < 1.29 is 14.0 Å². The standard InChI is InChI=1S/C22H16ClFN4O3S/c1-11-3-6-15(10-16(11)23)27-20(30)18-19(21(31)26-14-7-4-13(24)5-8-14)32-22-25-12(2)9-17(29)28(18)22/h3-10H,1-2H3,(H,26,31)(H,27,30). The number of nitrogens with one attached hydrogen (secondary N) is 2. The Balaban J connectivity index is 1.79. The van der Waals surface area contributed by atoms with E-state index in [2.05, 4.69) is 15.6 Å². The van der Waals surface area contributed by atoms with Crippen LogP contribution in [0.1, 0.15) is 31.4 Å². The van der Waals surface area contributed by atoms with E-state index in [0.717, 1.165) is 21.3 Å². The molecule has 0 atom stereocenters. The van der Waals surface area contributed by atoms with Crippen LogP contribution in [0.15, 0.2) is 53.3 Å². The predicted molar refractivity (Wildman–Crippen MR) is 123 cm³/mol. The summed E-state index contributed by atoms with van der Waals surface area (Å²) in [4.78, 5) is 43.3. The molecular weight excluding hydrogens is 455 g/mol. The topological polar surface area (TPSA) is 92.6 Å². The first kappa shape index (κ1) is 21.7. The molecule has 2 amide bonds. The fourth-order valence-corrected chi connectivity index (χ4v) is 4.28. The highest BCUT2D eigenvalue weighted by Crippen LogP contribution is 2.25. The summed E-state index contributed by atoms with van der Waals surface area (Å²) in [7, 11) is 0. The van der Waals surface area contributed by atoms with Crippen LogP contribution in [0.3, 0.4) is 0 Å². The molecule has 0 fully saturated rings. The van der Waals surface area contributed by atoms with Crippen molar-refractivity contribution >= 4 is 51.1 Å². The Morgan fingerprint density at radius 1 is 1.00 bits per heavy atom. The molecule has 0 aliphatic rings. The fraction of sp³-hybridized carbons (Fsp3) is 0.0909. The average Bonchev–Trinajstić information content (AvgIpc) is 3.12. The van der Waals surface area contributed by atoms with Gasteiger partial charge in [0.25, 0.3) is 17.4 Å². The summed E-state index contributed by atoms with van der Waals surface area (Å²) in [6.45, 7) is 3.47. The molecule has 0 aliphatic heterocycles. The van der Waals surface area contributed by atoms with Gasteiger partial charge >= 0.3 is 0 Å². The van der Waals surface area contributed by atoms with E-state index in [9.17, 15) is 18.8 Å². The Morgan fingerprint density at radius 3 is 2.34 bits per heavy atom. The number of rotatable bonds is 4. The van der Waals surface area contributed by atoms with Crippen LogP contribution in [0.25, 0.3) is 4.96 Å². The molecule has 0 saturated heterocycles. The van der Waals surface area contributed by atoms with Gasteiger partial charge in [0.2, 0.25) is 0 Å². The lowest BCUT2D eigenvalue weighted by Crippen LogP contribution is -2.25. The highest BCUT2D eigenvalue weighted by atomic mass is 35.5. The van der Waals surface area contributed by atoms with Crippen molar-refractivity contribution in [3.63, 3.8) is 0 Å². The SMILES string of the molecule is Cc1cc(=O)n2c(C(=O)Nc3ccc(C)c(Cl)c3)c(C(=O)Nc3ccc(F)cc3)sc2n1. The van der Waals surface area contributed by atoms with Gasteiger partial charge in [0.15, 0.2) is 4.96 Å². The van der Waals surface area contributed by atoms with E-state index in [-0.39, 0.29) is 15.5 Å². The summed E-state index contributed by atoms with van der Waals surface area (Å²) < 4.78 is 14.3. The lowest BCUT2D eigenvalue weighted by Gasteiger charge is -2.09. The van der Waals surface area contributed by atoms with Crippen LogP contribution in [-0.2, 0) is 0 Å². The van der Waals surface area contributed by atoms with Gasteiger partial charge in [0.05, 0.1) is 0 Å². The number of halogens is 2. The van der Waals surface area contributed by atoms with Crippen LogP contribution in [0.2, 0.25) is 5.02 Å². The maximum absolute atomic E-state index is 13.2. The van der Waals surface area contributed by atoms with Crippen LogP contribution in [0.5, 0.6) is 0 Å². The molecule has 4 aromatic rings. The Bertz CT molecular complexity index is 1430. The number of amides is 2. The molecule has 0 saturated carbocycles. The van der Waals surface area contributed by atoms with E-state index in [4.69, 9.17) is 11.6 Å². The number of benzene rings is 2. The largest absolute Gasteiger partial charge is 0.321 e. The monoisotopic (exact) mass is 470 g/mol. The molecule has 10 heteroatoms. The first-order valence-electron chi connectivity index (χ1n) is 9.40. The van der Waals surface area contributed by atoms with Crippen LogP contribution in [0, 0.1) is 19.7 Å². The molecule has 0 spiro atoms. The van der Waals surface area contributed by atoms with Crippen molar-refractivity contribution in [1.82, 2.24) is 9.38 Å². The molecule has 32 heavy (non-hydrogen) atoms. The van der Waals surface area contributed by atoms with Gasteiger partial charge in [-0.15, -0.1) is 0 Å². The summed E-state index contributed by atoms with van der Waals surface area (Å²) >= 11 is 7.04. The molecule has 162 valence electrons. The lowest BCUT2D eigenvalue weighted by molar-refractivity contribution is 0.0989. The van der Waals surface area contributed by atoms with Gasteiger partial charge in [-0.2, -0.15) is 0 Å². The fourth-order valence-electron chi connectivity index (χ4n) is 3.03. The number of hydrogen-bond acceptors (Lipinski definition) is 5. The minimum absolute atomic E-state index is 0.0137. The van der Waals surface area contributed by atoms with Crippen molar-refractivity contribution in [3.05, 3.63) is 91.6 Å². The van der Waals surface area contributed by atoms with Crippen molar-refractivity contribution in [2.45, 2.75) is 13.8 Å². The number of nitrogens with zero attached hydrogens (tertiary/aromatic N) is 2. The Morgan fingerprint density at radius 2 is 1.66 bits per heavy atom. The smallest absolute Gasteiger partial charge is 0.274 e. The van der Waals surface area contributed by atoms with Crippen LogP contribution < -0.4 is 16.2 Å². The van der Waals surface area contributed by atoms with Crippen LogP contribution in [0.4, 0.5) is 15.8 Å². The number of hydrogen-bond donors (Lipinski definition) is 2. The quantitative estimate of drug-likeness (QED) is 0.453. The van der Waals surface area contributed by atoms with E-state index in [1.165, 1.54) is 30.3 Å². The number of thiazole rings is 1. The second-order valence-electron chi connectivity index (χ2n) is 7.01. The van der Waals surface area contributed by atoms with Crippen LogP contribution >= 0.6 is 22.9 Å². The Kier molecular flexibility index (Phi) is 5.77. The molecule has 7 nitrogen and oxygen atoms in total. The summed E-state index contributed by atoms with van der Waals surface area (Å²) in [5.74, 6) is -1.75. The number of carbonyl (C=O) groups excluding carboxylic acids is 2. The molecular formula is C22H16ClFN4O3S. The van der Waals surface area contributed by atoms with E-state index in [1.54, 1.807) is 25.1 Å². The van der Waals surface area contributed by atoms with Crippen LogP contribution in [-0.4, -0.2) is 21.2 Å². The first-order valence-corrected chi connectivity index (χ1v) is 10.6. The van der Waals surface area contributed by atoms with Gasteiger partial charge < -0.3 is 10.6 Å². The van der Waals surface area contributed by atoms with Crippen molar-refractivity contribution in [3.8, 4) is 0 Å². The van der Waals surface area contributed by atoms with Crippen molar-refractivity contribution in [2.75, 3.05) is 10.6 Å². The third-order valence-corrected chi connectivity index (χ3v) is 6.05. The molecule has 0 bridgehead atoms. The van der Waals surface area contributed by atoms with Gasteiger partial charge in [0.1, 0.15) is 16.4 Å². The molecule has 2 N–H and O–H groups in total. The summed E-state index contributed by atoms with van der Waals surface area (Å²) in [5, 5.41) is 5.76. The normalized spacial score (nSPS) is 10.9. The van der Waals surface area contributed by atoms with Gasteiger partial charge in [0, 0.05) is 28.2 Å². The highest BCUT2D eigenvalue weighted by Gasteiger charge is 2.26. The average molecular weight is 471 g/mol. The second kappa shape index (κ2) is 8.52. The molecule has 0 radical (unpaired) electrons. The van der Waals surface area contributed by atoms with E-state index in [1.807, 2.05) is 6.92 Å². The van der Waals surface area contributed by atoms with E-state index < -0.39 is 23.2 Å². The van der Waals surface area contributed by atoms with Crippen molar-refractivity contribution in [1.29, 1.82) is 0 Å². The third kappa shape index (κ3) is 4.25. The zero-order valence-corrected chi connectivity index (χ0v) is 18.5. The summed E-state index contributed by atoms with van der Waals surface area (Å²) in [6, 6.07) is 11.4. The minimum atomic E-state index is -0.673. The number of aromatic nitrogens is 2. The number of anilines is 2. The number of aryl methyl sites for hydroxylation is 2. The molecule has 4 rings (SSSR count). The number of fused-ring (bicyclic) bond motifs is 1. The van der Waals surface area contributed by atoms with Gasteiger partial charge in [-0.3, -0.25) is 14.4 Å². The van der Waals surface area contributed by atoms with Gasteiger partial charge in [-0.1, -0.05) is 29.0 Å². The highest BCUT2D eigenvalue weighted by molar-refractivity contribution is 7.19. The summed E-state index contributed by atoms with van der Waals surface area (Å²) in [6.07, 6.45) is 0. The molecule has 2 heterocycles. The van der Waals surface area contributed by atoms with E-state index in [0.29, 0.717) is 22.1 Å². The Labute approximate surface area is 190 Å². The minimum Gasteiger partial charge on any atom is -0.321 e. The maximum atomic E-state index is 13.2. The predicted octanol–water partition coefficient (Wildman–Crippen LogP) is 4.67. The molecule has 2 aromatic heterocycles. The van der Waals surface area contributed by atoms with Crippen molar-refractivity contribution in [2.24, 2.45) is 0 Å². The Hall–Kier alpha value is -3.56. The van der Waals surface area contributed by atoms with Gasteiger partial charge in [-0.05, 0) is 55.8 Å². The second-order valence-corrected chi connectivity index (χ2v) is 8.40. The van der Waals surface area contributed by atoms with Gasteiger partial charge in [-0.25, -0.2) is 13.8 Å². The first-order chi connectivity index (χ1) is 15.2.